The summed E-state index contributed by atoms with van der Waals surface area (Å²) in [5.74, 6) is 1.48. The van der Waals surface area contributed by atoms with E-state index in [1.54, 1.807) is 6.92 Å². The molecule has 0 aliphatic heterocycles. The van der Waals surface area contributed by atoms with Crippen LogP contribution in [0.3, 0.4) is 0 Å². The molecule has 1 fully saturated rings. The first-order valence-corrected chi connectivity index (χ1v) is 9.41. The third kappa shape index (κ3) is 3.93. The predicted molar refractivity (Wildman–Crippen MR) is 82.2 cm³/mol. The maximum Gasteiger partial charge on any atom is 0.252 e. The largest absolute Gasteiger partial charge is 0.375 e. The fourth-order valence-electron chi connectivity index (χ4n) is 2.73. The highest BCUT2D eigenvalue weighted by molar-refractivity contribution is 7.91. The average Bonchev–Trinajstić information content (AvgIpc) is 2.72. The first kappa shape index (κ1) is 15.7. The fraction of sp³-hybridized carbons (Fsp3) is 0.769. The number of nitrogens with zero attached hydrogens (tertiary/aromatic N) is 1. The second-order valence-electron chi connectivity index (χ2n) is 5.74. The highest BCUT2D eigenvalue weighted by Gasteiger charge is 2.22. The van der Waals surface area contributed by atoms with Gasteiger partial charge in [0, 0.05) is 6.54 Å². The van der Waals surface area contributed by atoms with Crippen LogP contribution < -0.4 is 10.5 Å². The molecule has 114 valence electrons. The first-order chi connectivity index (χ1) is 9.38. The number of hydrogen-bond acceptors (Lipinski definition) is 5. The third-order valence-electron chi connectivity index (χ3n) is 3.99. The number of nitrogens with one attached hydrogen (secondary N) is 1. The molecule has 1 saturated carbocycles. The summed E-state index contributed by atoms with van der Waals surface area (Å²) in [7, 11) is -3.46. The van der Waals surface area contributed by atoms with Crippen LogP contribution in [0.2, 0.25) is 0 Å². The molecule has 1 aliphatic rings. The number of anilines is 1. The highest BCUT2D eigenvalue weighted by atomic mass is 32.2. The second-order valence-corrected chi connectivity index (χ2v) is 8.73. The topological polar surface area (TPSA) is 85.1 Å². The van der Waals surface area contributed by atoms with Crippen LogP contribution in [0, 0.1) is 18.8 Å². The standard InChI is InChI=1S/C13H23N3O2S2/c1-9-3-5-11(6-4-9)7-8-15-20(17,18)12-10(2)16-13(14)19-12/h9,11,15H,3-8H2,1-2H3,(H2,14,16). The van der Waals surface area contributed by atoms with Crippen LogP contribution in [-0.4, -0.2) is 19.9 Å². The number of thiazole rings is 1. The summed E-state index contributed by atoms with van der Waals surface area (Å²) in [5, 5.41) is 0.296. The Balaban J connectivity index is 1.85. The molecule has 3 N–H and O–H groups in total. The van der Waals surface area contributed by atoms with Crippen molar-refractivity contribution in [3.8, 4) is 0 Å². The van der Waals surface area contributed by atoms with Crippen molar-refractivity contribution < 1.29 is 8.42 Å². The minimum absolute atomic E-state index is 0.243. The number of aryl methyl sites for hydroxylation is 1. The lowest BCUT2D eigenvalue weighted by atomic mass is 9.81. The number of hydrogen-bond donors (Lipinski definition) is 2. The van der Waals surface area contributed by atoms with Crippen molar-refractivity contribution in [3.05, 3.63) is 5.69 Å². The van der Waals surface area contributed by atoms with Gasteiger partial charge in [-0.05, 0) is 25.2 Å². The molecular formula is C13H23N3O2S2. The van der Waals surface area contributed by atoms with Crippen LogP contribution in [0.15, 0.2) is 4.21 Å². The zero-order valence-electron chi connectivity index (χ0n) is 12.1. The maximum atomic E-state index is 12.2. The van der Waals surface area contributed by atoms with Crippen LogP contribution >= 0.6 is 11.3 Å². The van der Waals surface area contributed by atoms with Crippen LogP contribution in [0.25, 0.3) is 0 Å². The molecule has 1 heterocycles. The smallest absolute Gasteiger partial charge is 0.252 e. The number of aromatic nitrogens is 1. The first-order valence-electron chi connectivity index (χ1n) is 7.11. The summed E-state index contributed by atoms with van der Waals surface area (Å²) in [6, 6.07) is 0. The van der Waals surface area contributed by atoms with E-state index in [1.807, 2.05) is 0 Å². The van der Waals surface area contributed by atoms with Gasteiger partial charge in [0.25, 0.3) is 10.0 Å². The summed E-state index contributed by atoms with van der Waals surface area (Å²) < 4.78 is 27.2. The summed E-state index contributed by atoms with van der Waals surface area (Å²) in [5.41, 5.74) is 6.03. The van der Waals surface area contributed by atoms with Crippen molar-refractivity contribution in [1.82, 2.24) is 9.71 Å². The summed E-state index contributed by atoms with van der Waals surface area (Å²) in [4.78, 5) is 3.96. The van der Waals surface area contributed by atoms with Gasteiger partial charge in [-0.3, -0.25) is 0 Å². The van der Waals surface area contributed by atoms with Crippen molar-refractivity contribution in [3.63, 3.8) is 0 Å². The van der Waals surface area contributed by atoms with Gasteiger partial charge in [-0.15, -0.1) is 0 Å². The molecule has 1 aliphatic carbocycles. The van der Waals surface area contributed by atoms with E-state index in [0.717, 1.165) is 23.7 Å². The van der Waals surface area contributed by atoms with Crippen molar-refractivity contribution >= 4 is 26.5 Å². The molecule has 1 aromatic heterocycles. The van der Waals surface area contributed by atoms with Crippen molar-refractivity contribution in [2.45, 2.75) is 50.2 Å². The normalized spacial score (nSPS) is 23.9. The molecule has 0 spiro atoms. The molecule has 5 nitrogen and oxygen atoms in total. The molecule has 0 atom stereocenters. The van der Waals surface area contributed by atoms with Crippen LogP contribution in [0.5, 0.6) is 0 Å². The zero-order chi connectivity index (χ0) is 14.8. The van der Waals surface area contributed by atoms with Crippen LogP contribution in [-0.2, 0) is 10.0 Å². The Kier molecular flexibility index (Phi) is 5.04. The molecule has 0 unspecified atom stereocenters. The molecular weight excluding hydrogens is 294 g/mol. The molecule has 0 bridgehead atoms. The van der Waals surface area contributed by atoms with Gasteiger partial charge in [0.2, 0.25) is 0 Å². The third-order valence-corrected chi connectivity index (χ3v) is 7.05. The van der Waals surface area contributed by atoms with Gasteiger partial charge in [-0.2, -0.15) is 0 Å². The van der Waals surface area contributed by atoms with Gasteiger partial charge in [-0.25, -0.2) is 18.1 Å². The lowest BCUT2D eigenvalue weighted by molar-refractivity contribution is 0.278. The maximum absolute atomic E-state index is 12.2. The van der Waals surface area contributed by atoms with Gasteiger partial charge in [0.05, 0.1) is 5.69 Å². The van der Waals surface area contributed by atoms with E-state index >= 15 is 0 Å². The molecule has 1 aromatic rings. The van der Waals surface area contributed by atoms with E-state index in [1.165, 1.54) is 25.7 Å². The summed E-state index contributed by atoms with van der Waals surface area (Å²) in [6.07, 6.45) is 5.88. The van der Waals surface area contributed by atoms with Crippen molar-refractivity contribution in [2.75, 3.05) is 12.3 Å². The molecule has 0 amide bonds. The molecule has 20 heavy (non-hydrogen) atoms. The Morgan fingerprint density at radius 3 is 2.55 bits per heavy atom. The quantitative estimate of drug-likeness (QED) is 0.874. The number of nitrogen functional groups attached to an aromatic ring is 1. The van der Waals surface area contributed by atoms with Gasteiger partial charge in [0.1, 0.15) is 0 Å². The number of sulfonamides is 1. The molecule has 7 heteroatoms. The summed E-state index contributed by atoms with van der Waals surface area (Å²) in [6.45, 7) is 4.46. The fourth-order valence-corrected chi connectivity index (χ4v) is 5.12. The number of nitrogens with two attached hydrogens (primary N) is 1. The zero-order valence-corrected chi connectivity index (χ0v) is 13.7. The Morgan fingerprint density at radius 2 is 2.00 bits per heavy atom. The minimum atomic E-state index is -3.46. The lowest BCUT2D eigenvalue weighted by Gasteiger charge is -2.26. The SMILES string of the molecule is Cc1nc(N)sc1S(=O)(=O)NCCC1CCC(C)CC1. The van der Waals surface area contributed by atoms with Gasteiger partial charge < -0.3 is 5.73 Å². The average molecular weight is 317 g/mol. The van der Waals surface area contributed by atoms with Gasteiger partial charge >= 0.3 is 0 Å². The number of rotatable bonds is 5. The minimum Gasteiger partial charge on any atom is -0.375 e. The Hall–Kier alpha value is -0.660. The van der Waals surface area contributed by atoms with Crippen LogP contribution in [0.4, 0.5) is 5.13 Å². The van der Waals surface area contributed by atoms with Crippen molar-refractivity contribution in [1.29, 1.82) is 0 Å². The molecule has 0 saturated heterocycles. The Morgan fingerprint density at radius 1 is 1.35 bits per heavy atom. The highest BCUT2D eigenvalue weighted by Crippen LogP contribution is 2.30. The molecule has 2 rings (SSSR count). The van der Waals surface area contributed by atoms with Gasteiger partial charge in [0.15, 0.2) is 9.34 Å². The second kappa shape index (κ2) is 6.41. The van der Waals surface area contributed by atoms with E-state index in [4.69, 9.17) is 5.73 Å². The predicted octanol–water partition coefficient (Wildman–Crippen LogP) is 2.53. The Bertz CT molecular complexity index is 546. The Labute approximate surface area is 125 Å². The van der Waals surface area contributed by atoms with E-state index in [-0.39, 0.29) is 4.21 Å². The molecule has 0 radical (unpaired) electrons. The van der Waals surface area contributed by atoms with Gasteiger partial charge in [-0.1, -0.05) is 43.9 Å². The monoisotopic (exact) mass is 317 g/mol. The van der Waals surface area contributed by atoms with E-state index in [9.17, 15) is 8.42 Å². The van der Waals surface area contributed by atoms with E-state index in [0.29, 0.717) is 23.3 Å². The van der Waals surface area contributed by atoms with E-state index < -0.39 is 10.0 Å². The van der Waals surface area contributed by atoms with Crippen LogP contribution in [0.1, 0.15) is 44.7 Å². The molecule has 0 aromatic carbocycles. The van der Waals surface area contributed by atoms with E-state index in [2.05, 4.69) is 16.6 Å². The van der Waals surface area contributed by atoms with Crippen molar-refractivity contribution in [2.24, 2.45) is 11.8 Å². The summed E-state index contributed by atoms with van der Waals surface area (Å²) >= 11 is 1.02. The lowest BCUT2D eigenvalue weighted by Crippen LogP contribution is -2.27.